The predicted octanol–water partition coefficient (Wildman–Crippen LogP) is 5.04. The lowest BCUT2D eigenvalue weighted by Gasteiger charge is -2.08. The molecule has 4 aromatic carbocycles. The van der Waals surface area contributed by atoms with Crippen molar-refractivity contribution in [3.05, 3.63) is 120 Å². The largest absolute Gasteiger partial charge is 0.457 e. The number of hydrazone groups is 1. The highest BCUT2D eigenvalue weighted by atomic mass is 32.2. The fraction of sp³-hybridized carbons (Fsp3) is 0. The molecule has 0 unspecified atom stereocenters. The Hall–Kier alpha value is -4.43. The minimum Gasteiger partial charge on any atom is -0.457 e. The average Bonchev–Trinajstić information content (AvgIpc) is 2.86. The van der Waals surface area contributed by atoms with Crippen molar-refractivity contribution < 1.29 is 17.9 Å². The van der Waals surface area contributed by atoms with Gasteiger partial charge in [-0.05, 0) is 66.2 Å². The molecule has 0 radical (unpaired) electrons. The summed E-state index contributed by atoms with van der Waals surface area (Å²) in [5, 5.41) is 4.00. The van der Waals surface area contributed by atoms with Crippen LogP contribution < -0.4 is 14.9 Å². The summed E-state index contributed by atoms with van der Waals surface area (Å²) in [5.41, 5.74) is 3.89. The number of para-hydroxylation sites is 1. The van der Waals surface area contributed by atoms with Crippen LogP contribution in [0.5, 0.6) is 11.5 Å². The molecule has 0 aliphatic rings. The molecule has 170 valence electrons. The Balaban J connectivity index is 1.35. The van der Waals surface area contributed by atoms with E-state index >= 15 is 0 Å². The van der Waals surface area contributed by atoms with E-state index in [0.717, 1.165) is 11.3 Å². The number of sulfonamides is 1. The van der Waals surface area contributed by atoms with Crippen LogP contribution in [0.1, 0.15) is 15.9 Å². The van der Waals surface area contributed by atoms with Gasteiger partial charge in [0, 0.05) is 11.3 Å². The molecule has 0 spiro atoms. The number of carbonyl (C=O) groups excluding carboxylic acids is 1. The van der Waals surface area contributed by atoms with E-state index in [1.54, 1.807) is 24.3 Å². The molecule has 0 heterocycles. The van der Waals surface area contributed by atoms with Crippen molar-refractivity contribution in [1.29, 1.82) is 0 Å². The Kier molecular flexibility index (Phi) is 7.00. The van der Waals surface area contributed by atoms with Crippen LogP contribution in [0.4, 0.5) is 5.69 Å². The lowest BCUT2D eigenvalue weighted by atomic mass is 10.2. The molecule has 0 bridgehead atoms. The minimum absolute atomic E-state index is 0.157. The summed E-state index contributed by atoms with van der Waals surface area (Å²) < 4.78 is 33.1. The van der Waals surface area contributed by atoms with Crippen LogP contribution in [0.2, 0.25) is 0 Å². The molecular formula is C26H21N3O4S. The number of benzene rings is 4. The molecule has 0 atom stereocenters. The summed E-state index contributed by atoms with van der Waals surface area (Å²) in [7, 11) is -3.70. The summed E-state index contributed by atoms with van der Waals surface area (Å²) >= 11 is 0. The summed E-state index contributed by atoms with van der Waals surface area (Å²) in [5.74, 6) is 0.944. The molecule has 0 aliphatic carbocycles. The summed E-state index contributed by atoms with van der Waals surface area (Å²) in [6.45, 7) is 0. The average molecular weight is 472 g/mol. The fourth-order valence-electron chi connectivity index (χ4n) is 3.02. The molecule has 8 heteroatoms. The summed E-state index contributed by atoms with van der Waals surface area (Å²) in [4.78, 5) is 12.5. The number of rotatable bonds is 8. The van der Waals surface area contributed by atoms with Gasteiger partial charge in [0.05, 0.1) is 11.1 Å². The van der Waals surface area contributed by atoms with Gasteiger partial charge in [-0.25, -0.2) is 13.8 Å². The van der Waals surface area contributed by atoms with Gasteiger partial charge in [-0.3, -0.25) is 9.52 Å². The number of amides is 1. The standard InChI is InChI=1S/C26H21N3O4S/c30-26(21-14-16-22(17-15-21)29-34(31,32)25-12-5-2-6-13-25)28-27-19-20-8-7-11-24(18-20)33-23-9-3-1-4-10-23/h1-19,29H,(H,28,30)/b27-19-. The van der Waals surface area contributed by atoms with Gasteiger partial charge in [-0.2, -0.15) is 5.10 Å². The molecule has 0 aromatic heterocycles. The Morgan fingerprint density at radius 2 is 1.41 bits per heavy atom. The molecule has 0 fully saturated rings. The number of anilines is 1. The van der Waals surface area contributed by atoms with Crippen LogP contribution in [0.3, 0.4) is 0 Å². The summed E-state index contributed by atoms with van der Waals surface area (Å²) in [6.07, 6.45) is 1.51. The van der Waals surface area contributed by atoms with Crippen molar-refractivity contribution in [2.45, 2.75) is 4.90 Å². The van der Waals surface area contributed by atoms with Crippen molar-refractivity contribution in [2.24, 2.45) is 5.10 Å². The van der Waals surface area contributed by atoms with Gasteiger partial charge in [0.1, 0.15) is 11.5 Å². The quantitative estimate of drug-likeness (QED) is 0.278. The predicted molar refractivity (Wildman–Crippen MR) is 132 cm³/mol. The highest BCUT2D eigenvalue weighted by molar-refractivity contribution is 7.92. The number of hydrogen-bond acceptors (Lipinski definition) is 5. The maximum Gasteiger partial charge on any atom is 0.271 e. The lowest BCUT2D eigenvalue weighted by molar-refractivity contribution is 0.0955. The van der Waals surface area contributed by atoms with E-state index < -0.39 is 15.9 Å². The number of nitrogens with one attached hydrogen (secondary N) is 2. The van der Waals surface area contributed by atoms with Gasteiger partial charge < -0.3 is 4.74 Å². The third-order valence-corrected chi connectivity index (χ3v) is 6.07. The highest BCUT2D eigenvalue weighted by Gasteiger charge is 2.13. The zero-order valence-corrected chi connectivity index (χ0v) is 18.8. The molecular weight excluding hydrogens is 450 g/mol. The zero-order valence-electron chi connectivity index (χ0n) is 18.0. The molecule has 4 aromatic rings. The first-order valence-corrected chi connectivity index (χ1v) is 11.8. The smallest absolute Gasteiger partial charge is 0.271 e. The third-order valence-electron chi connectivity index (χ3n) is 4.67. The van der Waals surface area contributed by atoms with Crippen molar-refractivity contribution in [3.8, 4) is 11.5 Å². The summed E-state index contributed by atoms with van der Waals surface area (Å²) in [6, 6.07) is 30.8. The van der Waals surface area contributed by atoms with Crippen LogP contribution in [0.25, 0.3) is 0 Å². The Morgan fingerprint density at radius 1 is 0.765 bits per heavy atom. The zero-order chi connectivity index (χ0) is 23.8. The van der Waals surface area contributed by atoms with E-state index in [4.69, 9.17) is 4.74 Å². The van der Waals surface area contributed by atoms with Gasteiger partial charge in [0.15, 0.2) is 0 Å². The second-order valence-electron chi connectivity index (χ2n) is 7.18. The maximum absolute atomic E-state index is 12.4. The first-order chi connectivity index (χ1) is 16.5. The first kappa shape index (κ1) is 22.8. The molecule has 0 saturated heterocycles. The van der Waals surface area contributed by atoms with E-state index in [1.165, 1.54) is 42.6 Å². The molecule has 7 nitrogen and oxygen atoms in total. The van der Waals surface area contributed by atoms with E-state index in [-0.39, 0.29) is 4.90 Å². The second-order valence-corrected chi connectivity index (χ2v) is 8.87. The van der Waals surface area contributed by atoms with E-state index in [9.17, 15) is 13.2 Å². The highest BCUT2D eigenvalue weighted by Crippen LogP contribution is 2.21. The molecule has 4 rings (SSSR count). The topological polar surface area (TPSA) is 96.9 Å². The molecule has 34 heavy (non-hydrogen) atoms. The molecule has 1 amide bonds. The SMILES string of the molecule is O=C(N/N=C\c1cccc(Oc2ccccc2)c1)c1ccc(NS(=O)(=O)c2ccccc2)cc1. The van der Waals surface area contributed by atoms with Gasteiger partial charge in [0.25, 0.3) is 15.9 Å². The number of ether oxygens (including phenoxy) is 1. The molecule has 0 aliphatic heterocycles. The Labute approximate surface area is 197 Å². The van der Waals surface area contributed by atoms with Crippen LogP contribution in [-0.4, -0.2) is 20.5 Å². The normalized spacial score (nSPS) is 11.2. The third kappa shape index (κ3) is 6.08. The Morgan fingerprint density at radius 3 is 2.12 bits per heavy atom. The first-order valence-electron chi connectivity index (χ1n) is 10.3. The van der Waals surface area contributed by atoms with Gasteiger partial charge in [0.2, 0.25) is 0 Å². The van der Waals surface area contributed by atoms with Crippen molar-refractivity contribution in [3.63, 3.8) is 0 Å². The van der Waals surface area contributed by atoms with Gasteiger partial charge in [-0.15, -0.1) is 0 Å². The van der Waals surface area contributed by atoms with Crippen LogP contribution in [0.15, 0.2) is 119 Å². The van der Waals surface area contributed by atoms with E-state index in [2.05, 4.69) is 15.2 Å². The van der Waals surface area contributed by atoms with Crippen molar-refractivity contribution in [1.82, 2.24) is 5.43 Å². The van der Waals surface area contributed by atoms with Crippen molar-refractivity contribution in [2.75, 3.05) is 4.72 Å². The number of hydrogen-bond donors (Lipinski definition) is 2. The number of carbonyl (C=O) groups is 1. The van der Waals surface area contributed by atoms with Crippen LogP contribution in [-0.2, 0) is 10.0 Å². The second kappa shape index (κ2) is 10.5. The molecule has 2 N–H and O–H groups in total. The van der Waals surface area contributed by atoms with E-state index in [1.807, 2.05) is 48.5 Å². The molecule has 0 saturated carbocycles. The monoisotopic (exact) mass is 471 g/mol. The minimum atomic E-state index is -3.70. The van der Waals surface area contributed by atoms with Gasteiger partial charge in [-0.1, -0.05) is 48.5 Å². The van der Waals surface area contributed by atoms with Crippen molar-refractivity contribution >= 4 is 27.8 Å². The van der Waals surface area contributed by atoms with Crippen LogP contribution >= 0.6 is 0 Å². The fourth-order valence-corrected chi connectivity index (χ4v) is 4.10. The van der Waals surface area contributed by atoms with E-state index in [0.29, 0.717) is 17.0 Å². The Bertz CT molecular complexity index is 1390. The maximum atomic E-state index is 12.4. The van der Waals surface area contributed by atoms with Crippen LogP contribution in [0, 0.1) is 0 Å². The van der Waals surface area contributed by atoms with Gasteiger partial charge >= 0.3 is 0 Å². The lowest BCUT2D eigenvalue weighted by Crippen LogP contribution is -2.18. The number of nitrogens with zero attached hydrogens (tertiary/aromatic N) is 1.